The van der Waals surface area contributed by atoms with E-state index in [0.717, 1.165) is 0 Å². The molecule has 0 spiro atoms. The molecule has 206 valence electrons. The molecular weight excluding hydrogens is 505 g/mol. The molecule has 0 saturated heterocycles. The lowest BCUT2D eigenvalue weighted by atomic mass is 9.85. The van der Waals surface area contributed by atoms with Gasteiger partial charge in [-0.15, -0.1) is 0 Å². The van der Waals surface area contributed by atoms with Crippen LogP contribution in [0.5, 0.6) is 5.75 Å². The Bertz CT molecular complexity index is 1200. The number of nitrogen functional groups attached to an aromatic ring is 1. The summed E-state index contributed by atoms with van der Waals surface area (Å²) in [4.78, 5) is 31.8. The van der Waals surface area contributed by atoms with Crippen LogP contribution in [0, 0.1) is 0 Å². The third-order valence-electron chi connectivity index (χ3n) is 6.14. The van der Waals surface area contributed by atoms with Crippen LogP contribution in [-0.4, -0.2) is 65.8 Å². The molecule has 0 fully saturated rings. The van der Waals surface area contributed by atoms with Gasteiger partial charge in [0.1, 0.15) is 39.7 Å². The molecule has 0 bridgehead atoms. The first kappa shape index (κ1) is 28.7. The van der Waals surface area contributed by atoms with Gasteiger partial charge < -0.3 is 19.9 Å². The van der Waals surface area contributed by atoms with E-state index in [1.165, 1.54) is 26.0 Å². The molecule has 2 atom stereocenters. The minimum absolute atomic E-state index is 0.00859. The normalized spacial score (nSPS) is 24.4. The first-order valence-corrected chi connectivity index (χ1v) is 13.5. The minimum atomic E-state index is -4.31. The zero-order valence-corrected chi connectivity index (χ0v) is 23.4. The topological polar surface area (TPSA) is 138 Å². The van der Waals surface area contributed by atoms with Crippen LogP contribution in [-0.2, 0) is 24.8 Å². The number of aliphatic imine (C=N–C) groups is 1. The molecule has 0 unspecified atom stereocenters. The quantitative estimate of drug-likeness (QED) is 0.518. The second-order valence-electron chi connectivity index (χ2n) is 11.7. The largest absolute Gasteiger partial charge is 0.493 e. The van der Waals surface area contributed by atoms with Gasteiger partial charge in [-0.25, -0.2) is 22.4 Å². The van der Waals surface area contributed by atoms with E-state index in [-0.39, 0.29) is 30.0 Å². The summed E-state index contributed by atoms with van der Waals surface area (Å²) in [6.07, 6.45) is -2.47. The number of carbonyl (C=O) groups is 2. The average molecular weight is 542 g/mol. The van der Waals surface area contributed by atoms with Gasteiger partial charge in [-0.2, -0.15) is 4.90 Å². The molecule has 0 aromatic heterocycles. The number of amidine groups is 1. The lowest BCUT2D eigenvalue weighted by Gasteiger charge is -2.46. The summed E-state index contributed by atoms with van der Waals surface area (Å²) < 4.78 is 58.3. The van der Waals surface area contributed by atoms with Crippen molar-refractivity contribution in [3.8, 4) is 5.75 Å². The molecule has 2 aliphatic rings. The zero-order valence-electron chi connectivity index (χ0n) is 22.5. The Hall–Kier alpha value is -2.89. The van der Waals surface area contributed by atoms with Crippen LogP contribution >= 0.6 is 0 Å². The Labute approximate surface area is 217 Å². The van der Waals surface area contributed by atoms with E-state index in [1.54, 1.807) is 47.6 Å². The van der Waals surface area contributed by atoms with E-state index in [9.17, 15) is 18.0 Å². The second kappa shape index (κ2) is 9.14. The molecule has 0 saturated carbocycles. The summed E-state index contributed by atoms with van der Waals surface area (Å²) in [6, 6.07) is 4.48. The molecule has 2 aliphatic heterocycles. The molecule has 1 aromatic rings. The number of halogens is 1. The molecule has 0 aliphatic carbocycles. The van der Waals surface area contributed by atoms with E-state index in [4.69, 9.17) is 19.9 Å². The number of fused-ring (bicyclic) bond motifs is 3. The number of imide groups is 1. The first-order valence-electron chi connectivity index (χ1n) is 12.0. The average Bonchev–Trinajstić information content (AvgIpc) is 2.87. The van der Waals surface area contributed by atoms with Crippen molar-refractivity contribution in [2.24, 2.45) is 4.99 Å². The second-order valence-corrected chi connectivity index (χ2v) is 14.4. The number of benzene rings is 1. The molecule has 2 heterocycles. The Morgan fingerprint density at radius 3 is 2.16 bits per heavy atom. The van der Waals surface area contributed by atoms with Crippen molar-refractivity contribution in [1.29, 1.82) is 0 Å². The molecule has 37 heavy (non-hydrogen) atoms. The SMILES string of the molecule is CC(C)(C)OC(=O)N(C(=O)OC(C)(C)C)C1=N[C@]2(CF)c3cc(N)ccc3OCC[C@H]2S(=O)(=O)C1(C)C. The predicted octanol–water partition coefficient (Wildman–Crippen LogP) is 4.36. The van der Waals surface area contributed by atoms with Crippen LogP contribution in [0.4, 0.5) is 19.7 Å². The van der Waals surface area contributed by atoms with Gasteiger partial charge in [0.2, 0.25) is 0 Å². The summed E-state index contributed by atoms with van der Waals surface area (Å²) in [7, 11) is -4.31. The van der Waals surface area contributed by atoms with Gasteiger partial charge in [0.25, 0.3) is 0 Å². The minimum Gasteiger partial charge on any atom is -0.493 e. The van der Waals surface area contributed by atoms with Crippen molar-refractivity contribution in [1.82, 2.24) is 4.90 Å². The maximum Gasteiger partial charge on any atom is 0.425 e. The summed E-state index contributed by atoms with van der Waals surface area (Å²) in [5.41, 5.74) is 2.21. The fourth-order valence-corrected chi connectivity index (χ4v) is 6.69. The maximum absolute atomic E-state index is 15.3. The van der Waals surface area contributed by atoms with Crippen LogP contribution in [0.2, 0.25) is 0 Å². The first-order chi connectivity index (χ1) is 16.8. The molecule has 10 nitrogen and oxygen atoms in total. The molecule has 2 N–H and O–H groups in total. The van der Waals surface area contributed by atoms with Crippen molar-refractivity contribution < 1.29 is 36.6 Å². The van der Waals surface area contributed by atoms with Gasteiger partial charge in [-0.05, 0) is 73.6 Å². The Morgan fingerprint density at radius 2 is 1.68 bits per heavy atom. The van der Waals surface area contributed by atoms with Gasteiger partial charge >= 0.3 is 12.2 Å². The smallest absolute Gasteiger partial charge is 0.425 e. The van der Waals surface area contributed by atoms with Gasteiger partial charge in [0.05, 0.1) is 11.9 Å². The number of hydrogen-bond donors (Lipinski definition) is 1. The number of sulfone groups is 1. The number of anilines is 1. The third kappa shape index (κ3) is 5.12. The van der Waals surface area contributed by atoms with Gasteiger partial charge in [-0.3, -0.25) is 4.99 Å². The number of carbonyl (C=O) groups excluding carboxylic acids is 2. The lowest BCUT2D eigenvalue weighted by molar-refractivity contribution is 0.0138. The van der Waals surface area contributed by atoms with E-state index >= 15 is 4.39 Å². The van der Waals surface area contributed by atoms with Crippen molar-refractivity contribution in [2.45, 2.75) is 88.5 Å². The molecule has 3 rings (SSSR count). The van der Waals surface area contributed by atoms with Gasteiger partial charge in [0.15, 0.2) is 9.84 Å². The number of amides is 2. The van der Waals surface area contributed by atoms with Crippen molar-refractivity contribution >= 4 is 33.5 Å². The fourth-order valence-electron chi connectivity index (χ4n) is 4.42. The molecule has 1 aromatic carbocycles. The molecule has 12 heteroatoms. The number of nitrogens with two attached hydrogens (primary N) is 1. The molecular formula is C25H36FN3O7S. The van der Waals surface area contributed by atoms with Crippen LogP contribution in [0.1, 0.15) is 67.4 Å². The van der Waals surface area contributed by atoms with E-state index in [1.807, 2.05) is 0 Å². The third-order valence-corrected chi connectivity index (χ3v) is 9.12. The predicted molar refractivity (Wildman–Crippen MR) is 137 cm³/mol. The van der Waals surface area contributed by atoms with Crippen molar-refractivity contribution in [3.05, 3.63) is 23.8 Å². The number of hydrogen-bond acceptors (Lipinski definition) is 9. The number of nitrogens with zero attached hydrogens (tertiary/aromatic N) is 2. The Kier molecular flexibility index (Phi) is 7.09. The lowest BCUT2D eigenvalue weighted by Crippen LogP contribution is -2.65. The van der Waals surface area contributed by atoms with Crippen LogP contribution in [0.15, 0.2) is 23.2 Å². The Morgan fingerprint density at radius 1 is 1.14 bits per heavy atom. The van der Waals surface area contributed by atoms with Gasteiger partial charge in [-0.1, -0.05) is 0 Å². The Balaban J connectivity index is 2.39. The number of rotatable bonds is 1. The summed E-state index contributed by atoms with van der Waals surface area (Å²) >= 11 is 0. The molecule has 0 radical (unpaired) electrons. The monoisotopic (exact) mass is 541 g/mol. The maximum atomic E-state index is 15.3. The summed E-state index contributed by atoms with van der Waals surface area (Å²) in [6.45, 7) is 10.9. The highest BCUT2D eigenvalue weighted by Crippen LogP contribution is 2.50. The highest BCUT2D eigenvalue weighted by atomic mass is 32.2. The number of alkyl halides is 1. The fraction of sp³-hybridized carbons (Fsp3) is 0.640. The highest BCUT2D eigenvalue weighted by Gasteiger charge is 2.63. The standard InChI is InChI=1S/C25H36FN3O7S/c1-22(2,3)35-20(30)29(21(31)36-23(4,5)6)19-24(7,8)37(32,33)18-11-12-34-17-10-9-15(27)13-16(17)25(18,14-26)28-19/h9-10,13,18H,11-12,14,27H2,1-8H3/t18-,25-/m1/s1. The van der Waals surface area contributed by atoms with Crippen molar-refractivity contribution in [2.75, 3.05) is 19.0 Å². The van der Waals surface area contributed by atoms with E-state index < -0.39 is 61.3 Å². The van der Waals surface area contributed by atoms with Crippen LogP contribution < -0.4 is 10.5 Å². The van der Waals surface area contributed by atoms with Crippen molar-refractivity contribution in [3.63, 3.8) is 0 Å². The zero-order chi connectivity index (χ0) is 28.2. The number of ether oxygens (including phenoxy) is 3. The van der Waals surface area contributed by atoms with Crippen LogP contribution in [0.25, 0.3) is 0 Å². The van der Waals surface area contributed by atoms with Gasteiger partial charge in [0, 0.05) is 17.7 Å². The highest BCUT2D eigenvalue weighted by molar-refractivity contribution is 7.94. The summed E-state index contributed by atoms with van der Waals surface area (Å²) in [5.74, 6) is -0.298. The van der Waals surface area contributed by atoms with E-state index in [0.29, 0.717) is 4.90 Å². The molecule has 2 amide bonds. The van der Waals surface area contributed by atoms with E-state index in [2.05, 4.69) is 4.99 Å². The summed E-state index contributed by atoms with van der Waals surface area (Å²) in [5, 5.41) is -1.36. The van der Waals surface area contributed by atoms with Crippen LogP contribution in [0.3, 0.4) is 0 Å².